The van der Waals surface area contributed by atoms with E-state index in [0.717, 1.165) is 6.42 Å². The maximum atomic E-state index is 4.20. The van der Waals surface area contributed by atoms with Gasteiger partial charge in [0.2, 0.25) is 0 Å². The molecule has 0 heterocycles. The summed E-state index contributed by atoms with van der Waals surface area (Å²) in [6.07, 6.45) is 7.85. The fourth-order valence-corrected chi connectivity index (χ4v) is 1.56. The van der Waals surface area contributed by atoms with Gasteiger partial charge in [-0.05, 0) is 19.8 Å². The molecule has 0 fully saturated rings. The number of hydrogen-bond donors (Lipinski definition) is 0. The molecule has 0 aromatic rings. The lowest BCUT2D eigenvalue weighted by Gasteiger charge is -2.28. The van der Waals surface area contributed by atoms with Gasteiger partial charge in [-0.25, -0.2) is 0 Å². The van der Waals surface area contributed by atoms with Crippen LogP contribution in [0.5, 0.6) is 0 Å². The van der Waals surface area contributed by atoms with E-state index in [1.807, 2.05) is 0 Å². The average Bonchev–Trinajstić information content (AvgIpc) is 2.16. The van der Waals surface area contributed by atoms with Crippen molar-refractivity contribution >= 4 is 0 Å². The van der Waals surface area contributed by atoms with Crippen molar-refractivity contribution in [3.8, 4) is 0 Å². The minimum atomic E-state index is 0.116. The normalized spacial score (nSPS) is 11.5. The first-order valence-electron chi connectivity index (χ1n) is 6.27. The minimum absolute atomic E-state index is 0.116. The van der Waals surface area contributed by atoms with Crippen molar-refractivity contribution in [3.05, 3.63) is 24.3 Å². The van der Waals surface area contributed by atoms with Crippen molar-refractivity contribution in [2.75, 3.05) is 0 Å². The molecule has 0 aliphatic heterocycles. The molecule has 0 unspecified atom stereocenters. The zero-order valence-corrected chi connectivity index (χ0v) is 11.2. The zero-order valence-electron chi connectivity index (χ0n) is 11.2. The number of rotatable bonds is 8. The van der Waals surface area contributed by atoms with Crippen molar-refractivity contribution in [2.45, 2.75) is 66.2 Å². The Kier molecular flexibility index (Phi) is 6.63. The third-order valence-electron chi connectivity index (χ3n) is 3.53. The predicted molar refractivity (Wildman–Crippen MR) is 71.1 cm³/mol. The van der Waals surface area contributed by atoms with E-state index in [0.29, 0.717) is 0 Å². The Labute approximate surface area is 96.5 Å². The molecule has 0 saturated carbocycles. The number of unbranched alkanes of at least 4 members (excludes halogenated alkanes) is 4. The Morgan fingerprint density at radius 3 is 2.00 bits per heavy atom. The van der Waals surface area contributed by atoms with Crippen molar-refractivity contribution in [1.29, 1.82) is 0 Å². The van der Waals surface area contributed by atoms with E-state index < -0.39 is 0 Å². The molecule has 0 saturated heterocycles. The highest BCUT2D eigenvalue weighted by Gasteiger charge is 2.21. The summed E-state index contributed by atoms with van der Waals surface area (Å²) in [5.74, 6) is 0. The Morgan fingerprint density at radius 2 is 1.53 bits per heavy atom. The summed E-state index contributed by atoms with van der Waals surface area (Å²) in [4.78, 5) is 0. The van der Waals surface area contributed by atoms with Crippen LogP contribution >= 0.6 is 0 Å². The lowest BCUT2D eigenvalue weighted by Crippen LogP contribution is -2.15. The second-order valence-electron chi connectivity index (χ2n) is 5.17. The van der Waals surface area contributed by atoms with Crippen LogP contribution in [-0.4, -0.2) is 0 Å². The molecule has 0 heteroatoms. The Balaban J connectivity index is 3.79. The van der Waals surface area contributed by atoms with E-state index in [2.05, 4.69) is 40.9 Å². The molecule has 0 atom stereocenters. The third kappa shape index (κ3) is 5.20. The van der Waals surface area contributed by atoms with Gasteiger partial charge in [-0.2, -0.15) is 0 Å². The van der Waals surface area contributed by atoms with Gasteiger partial charge in [0, 0.05) is 5.41 Å². The highest BCUT2D eigenvalue weighted by atomic mass is 14.3. The third-order valence-corrected chi connectivity index (χ3v) is 3.53. The molecular weight excluding hydrogens is 180 g/mol. The van der Waals surface area contributed by atoms with Crippen LogP contribution in [-0.2, 0) is 0 Å². The summed E-state index contributed by atoms with van der Waals surface area (Å²) < 4.78 is 0. The molecule has 0 nitrogen and oxygen atoms in total. The lowest BCUT2D eigenvalue weighted by atomic mass is 9.77. The SMILES string of the molecule is C=C(C)C(C)(C)C(=C)CCCCCCC. The quantitative estimate of drug-likeness (QED) is 0.365. The second kappa shape index (κ2) is 6.87. The van der Waals surface area contributed by atoms with E-state index in [1.165, 1.54) is 43.3 Å². The summed E-state index contributed by atoms with van der Waals surface area (Å²) in [6.45, 7) is 17.1. The molecule has 15 heavy (non-hydrogen) atoms. The van der Waals surface area contributed by atoms with Gasteiger partial charge in [0.1, 0.15) is 0 Å². The van der Waals surface area contributed by atoms with Crippen LogP contribution in [0.4, 0.5) is 0 Å². The number of hydrogen-bond acceptors (Lipinski definition) is 0. The summed E-state index contributed by atoms with van der Waals surface area (Å²) >= 11 is 0. The molecule has 0 spiro atoms. The maximum Gasteiger partial charge on any atom is 0.00558 e. The molecule has 0 bridgehead atoms. The lowest BCUT2D eigenvalue weighted by molar-refractivity contribution is 0.502. The molecule has 0 aromatic carbocycles. The van der Waals surface area contributed by atoms with Crippen LogP contribution in [0.1, 0.15) is 66.2 Å². The van der Waals surface area contributed by atoms with Gasteiger partial charge in [-0.3, -0.25) is 0 Å². The summed E-state index contributed by atoms with van der Waals surface area (Å²) in [6, 6.07) is 0. The molecule has 0 aliphatic rings. The zero-order chi connectivity index (χ0) is 11.9. The van der Waals surface area contributed by atoms with Gasteiger partial charge in [0.15, 0.2) is 0 Å². The van der Waals surface area contributed by atoms with Crippen molar-refractivity contribution < 1.29 is 0 Å². The van der Waals surface area contributed by atoms with Crippen LogP contribution in [0.15, 0.2) is 24.3 Å². The summed E-state index contributed by atoms with van der Waals surface area (Å²) in [5, 5.41) is 0. The fraction of sp³-hybridized carbons (Fsp3) is 0.733. The van der Waals surface area contributed by atoms with Crippen molar-refractivity contribution in [1.82, 2.24) is 0 Å². The monoisotopic (exact) mass is 208 g/mol. The Hall–Kier alpha value is -0.520. The molecule has 0 rings (SSSR count). The topological polar surface area (TPSA) is 0 Å². The summed E-state index contributed by atoms with van der Waals surface area (Å²) in [5.41, 5.74) is 2.68. The van der Waals surface area contributed by atoms with Crippen molar-refractivity contribution in [2.24, 2.45) is 5.41 Å². The van der Waals surface area contributed by atoms with Gasteiger partial charge in [0.05, 0.1) is 0 Å². The van der Waals surface area contributed by atoms with Crippen LogP contribution in [0, 0.1) is 5.41 Å². The Bertz CT molecular complexity index is 208. The molecule has 0 aliphatic carbocycles. The number of allylic oxidation sites excluding steroid dienone is 2. The summed E-state index contributed by atoms with van der Waals surface area (Å²) in [7, 11) is 0. The van der Waals surface area contributed by atoms with Crippen LogP contribution in [0.25, 0.3) is 0 Å². The molecule has 0 N–H and O–H groups in total. The van der Waals surface area contributed by atoms with Gasteiger partial charge in [0.25, 0.3) is 0 Å². The van der Waals surface area contributed by atoms with E-state index >= 15 is 0 Å². The first kappa shape index (κ1) is 14.5. The first-order valence-corrected chi connectivity index (χ1v) is 6.27. The highest BCUT2D eigenvalue weighted by Crippen LogP contribution is 2.35. The molecule has 88 valence electrons. The van der Waals surface area contributed by atoms with Crippen molar-refractivity contribution in [3.63, 3.8) is 0 Å². The van der Waals surface area contributed by atoms with E-state index in [-0.39, 0.29) is 5.41 Å². The second-order valence-corrected chi connectivity index (χ2v) is 5.17. The molecule has 0 radical (unpaired) electrons. The highest BCUT2D eigenvalue weighted by molar-refractivity contribution is 5.21. The predicted octanol–water partition coefficient (Wildman–Crippen LogP) is 5.51. The van der Waals surface area contributed by atoms with Gasteiger partial charge < -0.3 is 0 Å². The fourth-order valence-electron chi connectivity index (χ4n) is 1.56. The first-order chi connectivity index (χ1) is 6.92. The standard InChI is InChI=1S/C15H28/c1-7-8-9-10-11-12-14(4)15(5,6)13(2)3/h2,4,7-12H2,1,3,5-6H3. The minimum Gasteiger partial charge on any atom is -0.0993 e. The Morgan fingerprint density at radius 1 is 1.00 bits per heavy atom. The van der Waals surface area contributed by atoms with E-state index in [9.17, 15) is 0 Å². The van der Waals surface area contributed by atoms with Crippen LogP contribution in [0.3, 0.4) is 0 Å². The average molecular weight is 208 g/mol. The van der Waals surface area contributed by atoms with Crippen LogP contribution < -0.4 is 0 Å². The van der Waals surface area contributed by atoms with E-state index in [1.54, 1.807) is 0 Å². The van der Waals surface area contributed by atoms with E-state index in [4.69, 9.17) is 0 Å². The van der Waals surface area contributed by atoms with Gasteiger partial charge >= 0.3 is 0 Å². The van der Waals surface area contributed by atoms with Gasteiger partial charge in [-0.1, -0.05) is 70.8 Å². The molecular formula is C15H28. The molecule has 0 amide bonds. The maximum absolute atomic E-state index is 4.20. The smallest absolute Gasteiger partial charge is 0.00558 e. The molecule has 0 aromatic heterocycles. The van der Waals surface area contributed by atoms with Crippen LogP contribution in [0.2, 0.25) is 0 Å². The largest absolute Gasteiger partial charge is 0.0993 e. The van der Waals surface area contributed by atoms with Gasteiger partial charge in [-0.15, -0.1) is 0 Å².